The van der Waals surface area contributed by atoms with E-state index < -0.39 is 5.38 Å². The average Bonchev–Trinajstić information content (AvgIpc) is 2.44. The lowest BCUT2D eigenvalue weighted by Gasteiger charge is -2.03. The Bertz CT molecular complexity index is 306. The van der Waals surface area contributed by atoms with Crippen LogP contribution in [0.5, 0.6) is 0 Å². The molecule has 0 spiro atoms. The summed E-state index contributed by atoms with van der Waals surface area (Å²) in [5.74, 6) is -0.171. The van der Waals surface area contributed by atoms with E-state index in [1.165, 1.54) is 11.3 Å². The van der Waals surface area contributed by atoms with Crippen molar-refractivity contribution in [2.45, 2.75) is 12.3 Å². The van der Waals surface area contributed by atoms with Crippen molar-refractivity contribution in [3.63, 3.8) is 0 Å². The number of hydrogen-bond donors (Lipinski definition) is 1. The van der Waals surface area contributed by atoms with Crippen molar-refractivity contribution in [2.75, 3.05) is 7.05 Å². The predicted octanol–water partition coefficient (Wildman–Crippen LogP) is 2.84. The van der Waals surface area contributed by atoms with Crippen molar-refractivity contribution in [1.29, 1.82) is 0 Å². The molecular weight excluding hydrogens is 274 g/mol. The van der Waals surface area contributed by atoms with Gasteiger partial charge in [-0.05, 0) is 28.9 Å². The van der Waals surface area contributed by atoms with Crippen LogP contribution in [0, 0.1) is 6.92 Å². The first-order chi connectivity index (χ1) is 6.06. The molecule has 0 saturated heterocycles. The molecule has 0 aliphatic rings. The molecule has 1 atom stereocenters. The minimum absolute atomic E-state index is 0.171. The van der Waals surface area contributed by atoms with Crippen molar-refractivity contribution in [2.24, 2.45) is 0 Å². The third-order valence-electron chi connectivity index (χ3n) is 1.60. The molecule has 2 nitrogen and oxygen atoms in total. The van der Waals surface area contributed by atoms with Gasteiger partial charge in [-0.15, -0.1) is 22.9 Å². The average molecular weight is 283 g/mol. The van der Waals surface area contributed by atoms with Crippen molar-refractivity contribution in [1.82, 2.24) is 5.32 Å². The summed E-state index contributed by atoms with van der Waals surface area (Å²) in [6.45, 7) is 1.98. The van der Waals surface area contributed by atoms with Gasteiger partial charge in [-0.1, -0.05) is 0 Å². The van der Waals surface area contributed by atoms with Gasteiger partial charge in [0.25, 0.3) is 0 Å². The van der Waals surface area contributed by atoms with E-state index in [1.807, 2.05) is 13.0 Å². The molecule has 0 aromatic carbocycles. The quantitative estimate of drug-likeness (QED) is 0.830. The highest BCUT2D eigenvalue weighted by molar-refractivity contribution is 9.10. The highest BCUT2D eigenvalue weighted by Crippen LogP contribution is 2.33. The molecule has 1 N–H and O–H groups in total. The minimum Gasteiger partial charge on any atom is -0.358 e. The molecule has 0 aliphatic carbocycles. The maximum atomic E-state index is 11.2. The number of rotatable bonds is 2. The van der Waals surface area contributed by atoms with Crippen LogP contribution in [0.2, 0.25) is 0 Å². The van der Waals surface area contributed by atoms with Gasteiger partial charge in [0.05, 0.1) is 0 Å². The Morgan fingerprint density at radius 1 is 1.77 bits per heavy atom. The van der Waals surface area contributed by atoms with E-state index >= 15 is 0 Å². The largest absolute Gasteiger partial charge is 0.358 e. The molecule has 0 bridgehead atoms. The van der Waals surface area contributed by atoms with E-state index in [1.54, 1.807) is 7.05 Å². The Hall–Kier alpha value is -0.0600. The van der Waals surface area contributed by atoms with Crippen LogP contribution in [-0.2, 0) is 4.79 Å². The second-order valence-electron chi connectivity index (χ2n) is 2.53. The molecule has 5 heteroatoms. The fourth-order valence-corrected chi connectivity index (χ4v) is 2.71. The second kappa shape index (κ2) is 4.44. The van der Waals surface area contributed by atoms with Crippen LogP contribution in [0.25, 0.3) is 0 Å². The molecule has 1 aromatic heterocycles. The Labute approximate surface area is 94.4 Å². The highest BCUT2D eigenvalue weighted by atomic mass is 79.9. The van der Waals surface area contributed by atoms with E-state index in [2.05, 4.69) is 21.2 Å². The summed E-state index contributed by atoms with van der Waals surface area (Å²) in [6.07, 6.45) is 0. The molecule has 72 valence electrons. The van der Waals surface area contributed by atoms with Crippen molar-refractivity contribution < 1.29 is 4.79 Å². The number of alkyl halides is 1. The Morgan fingerprint density at radius 3 is 2.77 bits per heavy atom. The van der Waals surface area contributed by atoms with Crippen LogP contribution >= 0.6 is 38.9 Å². The maximum absolute atomic E-state index is 11.2. The van der Waals surface area contributed by atoms with Gasteiger partial charge in [0.15, 0.2) is 0 Å². The van der Waals surface area contributed by atoms with Gasteiger partial charge in [-0.25, -0.2) is 0 Å². The summed E-state index contributed by atoms with van der Waals surface area (Å²) < 4.78 is 1.00. The Kier molecular flexibility index (Phi) is 3.76. The Morgan fingerprint density at radius 2 is 2.38 bits per heavy atom. The number of hydrogen-bond acceptors (Lipinski definition) is 2. The predicted molar refractivity (Wildman–Crippen MR) is 59.4 cm³/mol. The van der Waals surface area contributed by atoms with Gasteiger partial charge in [-0.2, -0.15) is 0 Å². The fourth-order valence-electron chi connectivity index (χ4n) is 0.862. The third-order valence-corrected chi connectivity index (χ3v) is 4.37. The Balaban J connectivity index is 2.89. The third kappa shape index (κ3) is 2.45. The number of nitrogens with one attached hydrogen (secondary N) is 1. The van der Waals surface area contributed by atoms with Crippen LogP contribution in [-0.4, -0.2) is 13.0 Å². The van der Waals surface area contributed by atoms with Gasteiger partial charge in [0.1, 0.15) is 5.38 Å². The topological polar surface area (TPSA) is 29.1 Å². The van der Waals surface area contributed by atoms with Crippen molar-refractivity contribution in [3.05, 3.63) is 20.3 Å². The zero-order valence-corrected chi connectivity index (χ0v) is 10.4. The van der Waals surface area contributed by atoms with Crippen LogP contribution in [0.4, 0.5) is 0 Å². The van der Waals surface area contributed by atoms with Crippen LogP contribution in [0.15, 0.2) is 10.5 Å². The monoisotopic (exact) mass is 281 g/mol. The van der Waals surface area contributed by atoms with Gasteiger partial charge in [0.2, 0.25) is 5.91 Å². The van der Waals surface area contributed by atoms with Gasteiger partial charge < -0.3 is 5.32 Å². The highest BCUT2D eigenvalue weighted by Gasteiger charge is 2.18. The molecule has 1 heterocycles. The van der Waals surface area contributed by atoms with Gasteiger partial charge in [0, 0.05) is 21.3 Å². The first-order valence-corrected chi connectivity index (χ1v) is 5.72. The number of carbonyl (C=O) groups is 1. The summed E-state index contributed by atoms with van der Waals surface area (Å²) >= 11 is 10.8. The lowest BCUT2D eigenvalue weighted by Crippen LogP contribution is -2.21. The SMILES string of the molecule is CNC(=O)C(Cl)c1cc(Br)c(C)s1. The van der Waals surface area contributed by atoms with E-state index in [4.69, 9.17) is 11.6 Å². The smallest absolute Gasteiger partial charge is 0.243 e. The summed E-state index contributed by atoms with van der Waals surface area (Å²) in [5, 5.41) is 1.93. The van der Waals surface area contributed by atoms with Gasteiger partial charge >= 0.3 is 0 Å². The first-order valence-electron chi connectivity index (χ1n) is 3.67. The van der Waals surface area contributed by atoms with E-state index in [9.17, 15) is 4.79 Å². The number of carbonyl (C=O) groups excluding carboxylic acids is 1. The van der Waals surface area contributed by atoms with Crippen LogP contribution < -0.4 is 5.32 Å². The number of amides is 1. The second-order valence-corrected chi connectivity index (χ2v) is 5.11. The number of likely N-dealkylation sites (N-methyl/N-ethyl adjacent to an activating group) is 1. The van der Waals surface area contributed by atoms with Gasteiger partial charge in [-0.3, -0.25) is 4.79 Å². The zero-order valence-electron chi connectivity index (χ0n) is 7.23. The number of thiophene rings is 1. The normalized spacial score (nSPS) is 12.6. The van der Waals surface area contributed by atoms with Crippen LogP contribution in [0.1, 0.15) is 15.1 Å². The molecule has 1 rings (SSSR count). The zero-order chi connectivity index (χ0) is 10.0. The summed E-state index contributed by atoms with van der Waals surface area (Å²) in [4.78, 5) is 13.2. The maximum Gasteiger partial charge on any atom is 0.243 e. The molecule has 0 fully saturated rings. The molecule has 0 radical (unpaired) electrons. The lowest BCUT2D eigenvalue weighted by molar-refractivity contribution is -0.120. The number of aryl methyl sites for hydroxylation is 1. The standard InChI is InChI=1S/C8H9BrClNOS/c1-4-5(9)3-6(13-4)7(10)8(12)11-2/h3,7H,1-2H3,(H,11,12). The molecule has 1 unspecified atom stereocenters. The first kappa shape index (κ1) is 11.0. The van der Waals surface area contributed by atoms with Crippen molar-refractivity contribution in [3.8, 4) is 0 Å². The number of halogens is 2. The molecule has 1 aromatic rings. The summed E-state index contributed by atoms with van der Waals surface area (Å²) in [7, 11) is 1.58. The minimum atomic E-state index is -0.583. The molecule has 0 aliphatic heterocycles. The molecule has 13 heavy (non-hydrogen) atoms. The lowest BCUT2D eigenvalue weighted by atomic mass is 10.3. The molecule has 1 amide bonds. The van der Waals surface area contributed by atoms with E-state index in [0.717, 1.165) is 14.2 Å². The summed E-state index contributed by atoms with van der Waals surface area (Å²) in [5.41, 5.74) is 0. The molecular formula is C8H9BrClNOS. The van der Waals surface area contributed by atoms with Crippen LogP contribution in [0.3, 0.4) is 0 Å². The van der Waals surface area contributed by atoms with E-state index in [-0.39, 0.29) is 5.91 Å². The fraction of sp³-hybridized carbons (Fsp3) is 0.375. The molecule has 0 saturated carbocycles. The van der Waals surface area contributed by atoms with Crippen molar-refractivity contribution >= 4 is 44.8 Å². The summed E-state index contributed by atoms with van der Waals surface area (Å²) in [6, 6.07) is 1.88. The van der Waals surface area contributed by atoms with E-state index in [0.29, 0.717) is 0 Å².